The van der Waals surface area contributed by atoms with E-state index in [4.69, 9.17) is 4.74 Å². The van der Waals surface area contributed by atoms with Gasteiger partial charge in [-0.05, 0) is 30.2 Å². The quantitative estimate of drug-likeness (QED) is 0.478. The Morgan fingerprint density at radius 2 is 1.81 bits per heavy atom. The van der Waals surface area contributed by atoms with E-state index in [9.17, 15) is 23.3 Å². The van der Waals surface area contributed by atoms with Crippen molar-refractivity contribution in [2.75, 3.05) is 32.8 Å². The van der Waals surface area contributed by atoms with Gasteiger partial charge in [0.15, 0.2) is 12.4 Å². The van der Waals surface area contributed by atoms with Crippen LogP contribution >= 0.6 is 0 Å². The summed E-state index contributed by atoms with van der Waals surface area (Å²) >= 11 is 0. The van der Waals surface area contributed by atoms with Gasteiger partial charge in [0.1, 0.15) is 0 Å². The van der Waals surface area contributed by atoms with Gasteiger partial charge in [-0.2, -0.15) is 4.31 Å². The highest BCUT2D eigenvalue weighted by Crippen LogP contribution is 2.27. The zero-order chi connectivity index (χ0) is 22.4. The Labute approximate surface area is 180 Å². The van der Waals surface area contributed by atoms with Gasteiger partial charge in [-0.3, -0.25) is 14.9 Å². The van der Waals surface area contributed by atoms with Gasteiger partial charge in [0.05, 0.1) is 4.92 Å². The van der Waals surface area contributed by atoms with Gasteiger partial charge in [0, 0.05) is 37.7 Å². The van der Waals surface area contributed by atoms with Crippen molar-refractivity contribution in [2.45, 2.75) is 6.92 Å². The first-order chi connectivity index (χ1) is 14.8. The van der Waals surface area contributed by atoms with Crippen LogP contribution in [0.3, 0.4) is 0 Å². The molecule has 31 heavy (non-hydrogen) atoms. The number of carbonyl (C=O) groups excluding carboxylic acids is 1. The largest absolute Gasteiger partial charge is 0.477 e. The summed E-state index contributed by atoms with van der Waals surface area (Å²) in [6.45, 7) is 2.18. The van der Waals surface area contributed by atoms with E-state index in [1.807, 2.05) is 18.2 Å². The van der Waals surface area contributed by atoms with Crippen LogP contribution in [-0.4, -0.2) is 61.2 Å². The summed E-state index contributed by atoms with van der Waals surface area (Å²) in [6, 6.07) is 13.6. The molecule has 0 saturated carbocycles. The fourth-order valence-electron chi connectivity index (χ4n) is 3.13. The SMILES string of the molecule is Cc1ccc([N+](=O)[O-])c(OCC(=O)N2CCN(S(=O)(=O)/C=C/c3ccccc3)CC2)c1. The number of amides is 1. The van der Waals surface area contributed by atoms with E-state index in [-0.39, 0.29) is 50.1 Å². The lowest BCUT2D eigenvalue weighted by Gasteiger charge is -2.33. The van der Waals surface area contributed by atoms with Crippen LogP contribution in [0, 0.1) is 17.0 Å². The fraction of sp³-hybridized carbons (Fsp3) is 0.286. The Balaban J connectivity index is 1.55. The summed E-state index contributed by atoms with van der Waals surface area (Å²) in [7, 11) is -3.60. The fourth-order valence-corrected chi connectivity index (χ4v) is 4.30. The molecule has 1 saturated heterocycles. The molecular weight excluding hydrogens is 422 g/mol. The van der Waals surface area contributed by atoms with Crippen LogP contribution in [0.4, 0.5) is 5.69 Å². The molecule has 1 aliphatic rings. The van der Waals surface area contributed by atoms with E-state index in [2.05, 4.69) is 0 Å². The van der Waals surface area contributed by atoms with E-state index < -0.39 is 14.9 Å². The highest BCUT2D eigenvalue weighted by Gasteiger charge is 2.28. The monoisotopic (exact) mass is 445 g/mol. The lowest BCUT2D eigenvalue weighted by atomic mass is 10.2. The van der Waals surface area contributed by atoms with E-state index in [0.29, 0.717) is 0 Å². The molecule has 164 valence electrons. The van der Waals surface area contributed by atoms with Gasteiger partial charge in [-0.25, -0.2) is 8.42 Å². The molecule has 0 aliphatic carbocycles. The first-order valence-corrected chi connectivity index (χ1v) is 11.2. The average Bonchev–Trinajstić information content (AvgIpc) is 2.77. The van der Waals surface area contributed by atoms with Crippen LogP contribution in [-0.2, 0) is 14.8 Å². The maximum absolute atomic E-state index is 12.5. The zero-order valence-corrected chi connectivity index (χ0v) is 17.8. The second kappa shape index (κ2) is 9.71. The number of piperazine rings is 1. The Bertz CT molecular complexity index is 1080. The Morgan fingerprint density at radius 1 is 1.13 bits per heavy atom. The number of ether oxygens (including phenoxy) is 1. The van der Waals surface area contributed by atoms with Gasteiger partial charge in [0.25, 0.3) is 5.91 Å². The van der Waals surface area contributed by atoms with Gasteiger partial charge < -0.3 is 9.64 Å². The molecule has 2 aromatic carbocycles. The maximum atomic E-state index is 12.5. The molecule has 1 heterocycles. The topological polar surface area (TPSA) is 110 Å². The zero-order valence-electron chi connectivity index (χ0n) is 17.0. The van der Waals surface area contributed by atoms with Gasteiger partial charge in [-0.15, -0.1) is 0 Å². The van der Waals surface area contributed by atoms with Gasteiger partial charge in [0.2, 0.25) is 10.0 Å². The molecule has 0 aromatic heterocycles. The standard InChI is InChI=1S/C21H23N3O6S/c1-17-7-8-19(24(26)27)20(15-17)30-16-21(25)22-10-12-23(13-11-22)31(28,29)14-9-18-5-3-2-4-6-18/h2-9,14-15H,10-13,16H2,1H3/b14-9+. The van der Waals surface area contributed by atoms with E-state index in [0.717, 1.165) is 11.1 Å². The van der Waals surface area contributed by atoms with Crippen molar-refractivity contribution < 1.29 is 22.9 Å². The molecule has 1 aliphatic heterocycles. The minimum atomic E-state index is -3.60. The average molecular weight is 445 g/mol. The van der Waals surface area contributed by atoms with Crippen molar-refractivity contribution in [1.29, 1.82) is 0 Å². The van der Waals surface area contributed by atoms with Crippen LogP contribution in [0.5, 0.6) is 5.75 Å². The van der Waals surface area contributed by atoms with Gasteiger partial charge >= 0.3 is 5.69 Å². The minimum absolute atomic E-state index is 0.0330. The van der Waals surface area contributed by atoms with Crippen LogP contribution in [0.1, 0.15) is 11.1 Å². The Hall–Kier alpha value is -3.24. The lowest BCUT2D eigenvalue weighted by Crippen LogP contribution is -2.51. The van der Waals surface area contributed by atoms with Crippen LogP contribution in [0.2, 0.25) is 0 Å². The third-order valence-electron chi connectivity index (χ3n) is 4.85. The maximum Gasteiger partial charge on any atom is 0.310 e. The normalized spacial score (nSPS) is 15.2. The first kappa shape index (κ1) is 22.4. The summed E-state index contributed by atoms with van der Waals surface area (Å²) in [6.07, 6.45) is 1.54. The van der Waals surface area contributed by atoms with Crippen LogP contribution in [0.15, 0.2) is 53.9 Å². The number of hydrogen-bond donors (Lipinski definition) is 0. The number of aryl methyl sites for hydroxylation is 1. The van der Waals surface area contributed by atoms with Crippen molar-refractivity contribution in [3.63, 3.8) is 0 Å². The Morgan fingerprint density at radius 3 is 2.45 bits per heavy atom. The second-order valence-corrected chi connectivity index (χ2v) is 8.87. The number of nitro benzene ring substituents is 1. The van der Waals surface area contributed by atoms with Crippen molar-refractivity contribution in [1.82, 2.24) is 9.21 Å². The molecule has 1 amide bonds. The number of sulfonamides is 1. The molecule has 9 nitrogen and oxygen atoms in total. The van der Waals surface area contributed by atoms with Crippen molar-refractivity contribution in [3.8, 4) is 5.75 Å². The van der Waals surface area contributed by atoms with Crippen LogP contribution in [0.25, 0.3) is 6.08 Å². The smallest absolute Gasteiger partial charge is 0.310 e. The molecule has 2 aromatic rings. The number of hydrogen-bond acceptors (Lipinski definition) is 6. The lowest BCUT2D eigenvalue weighted by molar-refractivity contribution is -0.385. The molecular formula is C21H23N3O6S. The number of carbonyl (C=O) groups is 1. The summed E-state index contributed by atoms with van der Waals surface area (Å²) in [5.41, 5.74) is 1.34. The molecule has 0 N–H and O–H groups in total. The highest BCUT2D eigenvalue weighted by atomic mass is 32.2. The third kappa shape index (κ3) is 5.89. The number of benzene rings is 2. The number of nitrogens with zero attached hydrogens (tertiary/aromatic N) is 3. The molecule has 10 heteroatoms. The first-order valence-electron chi connectivity index (χ1n) is 9.65. The molecule has 1 fully saturated rings. The van der Waals surface area contributed by atoms with E-state index in [1.165, 1.54) is 32.8 Å². The summed E-state index contributed by atoms with van der Waals surface area (Å²) in [5, 5.41) is 12.3. The highest BCUT2D eigenvalue weighted by molar-refractivity contribution is 7.92. The predicted molar refractivity (Wildman–Crippen MR) is 116 cm³/mol. The molecule has 0 spiro atoms. The molecule has 0 radical (unpaired) electrons. The molecule has 0 unspecified atom stereocenters. The predicted octanol–water partition coefficient (Wildman–Crippen LogP) is 2.43. The second-order valence-electron chi connectivity index (χ2n) is 7.06. The Kier molecular flexibility index (Phi) is 7.03. The van der Waals surface area contributed by atoms with Crippen LogP contribution < -0.4 is 4.74 Å². The summed E-state index contributed by atoms with van der Waals surface area (Å²) in [4.78, 5) is 24.5. The molecule has 3 rings (SSSR count). The molecule has 0 atom stereocenters. The van der Waals surface area contributed by atoms with E-state index >= 15 is 0 Å². The molecule has 0 bridgehead atoms. The number of nitro groups is 1. The summed E-state index contributed by atoms with van der Waals surface area (Å²) < 4.78 is 31.8. The number of rotatable bonds is 7. The minimum Gasteiger partial charge on any atom is -0.477 e. The van der Waals surface area contributed by atoms with Gasteiger partial charge in [-0.1, -0.05) is 36.4 Å². The van der Waals surface area contributed by atoms with Crippen molar-refractivity contribution >= 4 is 27.7 Å². The van der Waals surface area contributed by atoms with Crippen molar-refractivity contribution in [3.05, 3.63) is 75.2 Å². The van der Waals surface area contributed by atoms with E-state index in [1.54, 1.807) is 25.1 Å². The third-order valence-corrected chi connectivity index (χ3v) is 6.41. The summed E-state index contributed by atoms with van der Waals surface area (Å²) in [5.74, 6) is -0.321. The van der Waals surface area contributed by atoms with Crippen molar-refractivity contribution in [2.24, 2.45) is 0 Å².